The van der Waals surface area contributed by atoms with Crippen LogP contribution in [0.1, 0.15) is 0 Å². The van der Waals surface area contributed by atoms with Crippen LogP contribution in [0.2, 0.25) is 0 Å². The topological polar surface area (TPSA) is 68.9 Å². The van der Waals surface area contributed by atoms with Gasteiger partial charge in [-0.25, -0.2) is 4.99 Å². The molecule has 0 amide bonds. The van der Waals surface area contributed by atoms with Gasteiger partial charge in [-0.1, -0.05) is 24.3 Å². The van der Waals surface area contributed by atoms with Crippen LogP contribution in [0, 0.1) is 0 Å². The van der Waals surface area contributed by atoms with Gasteiger partial charge in [0.1, 0.15) is 18.1 Å². The van der Waals surface area contributed by atoms with Crippen molar-refractivity contribution in [3.63, 3.8) is 0 Å². The van der Waals surface area contributed by atoms with E-state index in [1.807, 2.05) is 54.6 Å². The number of nitrogens with one attached hydrogen (secondary N) is 1. The number of methoxy groups -OCH3 is 1. The molecule has 0 spiro atoms. The second-order valence-corrected chi connectivity index (χ2v) is 4.29. The predicted molar refractivity (Wildman–Crippen MR) is 85.0 cm³/mol. The number of para-hydroxylation sites is 1. The van der Waals surface area contributed by atoms with Crippen molar-refractivity contribution in [1.29, 1.82) is 0 Å². The summed E-state index contributed by atoms with van der Waals surface area (Å²) in [5.41, 5.74) is 6.65. The molecule has 0 fully saturated rings. The Labute approximate surface area is 124 Å². The quantitative estimate of drug-likeness (QED) is 0.486. The molecule has 0 atom stereocenters. The number of nitrogens with zero attached hydrogens (tertiary/aromatic N) is 1. The Hall–Kier alpha value is -2.69. The van der Waals surface area contributed by atoms with Crippen molar-refractivity contribution in [3.05, 3.63) is 54.6 Å². The summed E-state index contributed by atoms with van der Waals surface area (Å²) in [5.74, 6) is 1.94. The van der Waals surface area contributed by atoms with E-state index in [1.165, 1.54) is 0 Å². The van der Waals surface area contributed by atoms with E-state index < -0.39 is 0 Å². The van der Waals surface area contributed by atoms with Gasteiger partial charge in [-0.3, -0.25) is 0 Å². The molecule has 0 aliphatic heterocycles. The van der Waals surface area contributed by atoms with Crippen LogP contribution in [-0.2, 0) is 0 Å². The van der Waals surface area contributed by atoms with Crippen molar-refractivity contribution in [1.82, 2.24) is 0 Å². The van der Waals surface area contributed by atoms with Crippen LogP contribution in [-0.4, -0.2) is 26.2 Å². The SMILES string of the molecule is COc1cccc(NC(N)=NCCOc2ccccc2)c1. The highest BCUT2D eigenvalue weighted by atomic mass is 16.5. The molecule has 0 heterocycles. The van der Waals surface area contributed by atoms with Gasteiger partial charge in [-0.15, -0.1) is 0 Å². The molecule has 2 rings (SSSR count). The van der Waals surface area contributed by atoms with E-state index in [9.17, 15) is 0 Å². The van der Waals surface area contributed by atoms with Crippen molar-refractivity contribution >= 4 is 11.6 Å². The number of nitrogens with two attached hydrogens (primary N) is 1. The van der Waals surface area contributed by atoms with Crippen molar-refractivity contribution in [3.8, 4) is 11.5 Å². The maximum absolute atomic E-state index is 5.82. The molecule has 0 unspecified atom stereocenters. The molecular formula is C16H19N3O2. The minimum absolute atomic E-state index is 0.347. The largest absolute Gasteiger partial charge is 0.497 e. The van der Waals surface area contributed by atoms with Gasteiger partial charge >= 0.3 is 0 Å². The van der Waals surface area contributed by atoms with Crippen LogP contribution in [0.15, 0.2) is 59.6 Å². The standard InChI is InChI=1S/C16H19N3O2/c1-20-15-9-5-6-13(12-15)19-16(17)18-10-11-21-14-7-3-2-4-8-14/h2-9,12H,10-11H2,1H3,(H3,17,18,19). The first-order valence-electron chi connectivity index (χ1n) is 6.67. The summed E-state index contributed by atoms with van der Waals surface area (Å²) in [4.78, 5) is 4.21. The highest BCUT2D eigenvalue weighted by Crippen LogP contribution is 2.16. The first-order chi connectivity index (χ1) is 10.3. The summed E-state index contributed by atoms with van der Waals surface area (Å²) in [6.07, 6.45) is 0. The van der Waals surface area contributed by atoms with Crippen molar-refractivity contribution < 1.29 is 9.47 Å². The molecule has 0 aliphatic carbocycles. The van der Waals surface area contributed by atoms with Gasteiger partial charge < -0.3 is 20.5 Å². The van der Waals surface area contributed by atoms with Crippen molar-refractivity contribution in [2.75, 3.05) is 25.6 Å². The molecular weight excluding hydrogens is 266 g/mol. The Morgan fingerprint density at radius 1 is 1.10 bits per heavy atom. The average Bonchev–Trinajstić information content (AvgIpc) is 2.53. The highest BCUT2D eigenvalue weighted by Gasteiger charge is 1.97. The van der Waals surface area contributed by atoms with E-state index in [1.54, 1.807) is 7.11 Å². The van der Waals surface area contributed by atoms with Crippen LogP contribution in [0.3, 0.4) is 0 Å². The van der Waals surface area contributed by atoms with Gasteiger partial charge in [0, 0.05) is 11.8 Å². The number of hydrogen-bond donors (Lipinski definition) is 2. The second kappa shape index (κ2) is 7.79. The first kappa shape index (κ1) is 14.7. The predicted octanol–water partition coefficient (Wildman–Crippen LogP) is 2.50. The first-order valence-corrected chi connectivity index (χ1v) is 6.67. The van der Waals surface area contributed by atoms with Crippen molar-refractivity contribution in [2.24, 2.45) is 10.7 Å². The molecule has 0 bridgehead atoms. The molecule has 0 aliphatic rings. The maximum Gasteiger partial charge on any atom is 0.193 e. The lowest BCUT2D eigenvalue weighted by Gasteiger charge is -2.08. The molecule has 3 N–H and O–H groups in total. The van der Waals surface area contributed by atoms with Crippen LogP contribution in [0.25, 0.3) is 0 Å². The molecule has 0 saturated heterocycles. The number of guanidine groups is 1. The monoisotopic (exact) mass is 285 g/mol. The molecule has 5 heteroatoms. The van der Waals surface area contributed by atoms with Gasteiger partial charge in [0.05, 0.1) is 13.7 Å². The third-order valence-corrected chi connectivity index (χ3v) is 2.73. The minimum atomic E-state index is 0.347. The lowest BCUT2D eigenvalue weighted by Crippen LogP contribution is -2.23. The zero-order valence-corrected chi connectivity index (χ0v) is 12.0. The molecule has 0 radical (unpaired) electrons. The van der Waals surface area contributed by atoms with E-state index in [0.29, 0.717) is 19.1 Å². The van der Waals surface area contributed by atoms with E-state index in [-0.39, 0.29) is 0 Å². The Morgan fingerprint density at radius 2 is 1.86 bits per heavy atom. The van der Waals surface area contributed by atoms with Gasteiger partial charge in [0.2, 0.25) is 0 Å². The molecule has 2 aromatic rings. The summed E-state index contributed by atoms with van der Waals surface area (Å²) >= 11 is 0. The number of benzene rings is 2. The fourth-order valence-corrected chi connectivity index (χ4v) is 1.73. The zero-order chi connectivity index (χ0) is 14.9. The van der Waals surface area contributed by atoms with Gasteiger partial charge in [-0.05, 0) is 24.3 Å². The molecule has 0 aromatic heterocycles. The highest BCUT2D eigenvalue weighted by molar-refractivity contribution is 5.92. The summed E-state index contributed by atoms with van der Waals surface area (Å²) < 4.78 is 10.7. The number of rotatable bonds is 6. The Kier molecular flexibility index (Phi) is 5.46. The summed E-state index contributed by atoms with van der Waals surface area (Å²) in [6, 6.07) is 17.1. The summed E-state index contributed by atoms with van der Waals surface area (Å²) in [7, 11) is 1.62. The molecule has 110 valence electrons. The Bertz CT molecular complexity index is 585. The van der Waals surface area contributed by atoms with Crippen LogP contribution < -0.4 is 20.5 Å². The van der Waals surface area contributed by atoms with E-state index in [0.717, 1.165) is 17.2 Å². The number of anilines is 1. The fourth-order valence-electron chi connectivity index (χ4n) is 1.73. The number of hydrogen-bond acceptors (Lipinski definition) is 3. The minimum Gasteiger partial charge on any atom is -0.497 e. The van der Waals surface area contributed by atoms with Crippen molar-refractivity contribution in [2.45, 2.75) is 0 Å². The fraction of sp³-hybridized carbons (Fsp3) is 0.188. The van der Waals surface area contributed by atoms with Crippen LogP contribution >= 0.6 is 0 Å². The average molecular weight is 285 g/mol. The molecule has 5 nitrogen and oxygen atoms in total. The third kappa shape index (κ3) is 5.06. The maximum atomic E-state index is 5.82. The van der Waals surface area contributed by atoms with E-state index in [2.05, 4.69) is 10.3 Å². The summed E-state index contributed by atoms with van der Waals surface area (Å²) in [5, 5.41) is 3.01. The summed E-state index contributed by atoms with van der Waals surface area (Å²) in [6.45, 7) is 0.961. The van der Waals surface area contributed by atoms with Gasteiger partial charge in [0.15, 0.2) is 5.96 Å². The lowest BCUT2D eigenvalue weighted by atomic mass is 10.3. The van der Waals surface area contributed by atoms with Gasteiger partial charge in [-0.2, -0.15) is 0 Å². The number of ether oxygens (including phenoxy) is 2. The molecule has 0 saturated carbocycles. The van der Waals surface area contributed by atoms with Crippen LogP contribution in [0.5, 0.6) is 11.5 Å². The normalized spacial score (nSPS) is 11.0. The Balaban J connectivity index is 1.78. The third-order valence-electron chi connectivity index (χ3n) is 2.73. The van der Waals surface area contributed by atoms with Gasteiger partial charge in [0.25, 0.3) is 0 Å². The molecule has 2 aromatic carbocycles. The van der Waals surface area contributed by atoms with E-state index in [4.69, 9.17) is 15.2 Å². The second-order valence-electron chi connectivity index (χ2n) is 4.29. The lowest BCUT2D eigenvalue weighted by molar-refractivity contribution is 0.329. The molecule has 21 heavy (non-hydrogen) atoms. The number of aliphatic imine (C=N–C) groups is 1. The smallest absolute Gasteiger partial charge is 0.193 e. The van der Waals surface area contributed by atoms with Crippen LogP contribution in [0.4, 0.5) is 5.69 Å². The zero-order valence-electron chi connectivity index (χ0n) is 12.0. The Morgan fingerprint density at radius 3 is 2.62 bits per heavy atom. The van der Waals surface area contributed by atoms with E-state index >= 15 is 0 Å².